The summed E-state index contributed by atoms with van der Waals surface area (Å²) in [6.45, 7) is 6.69. The quantitative estimate of drug-likeness (QED) is 0.493. The van der Waals surface area contributed by atoms with Gasteiger partial charge in [0.15, 0.2) is 0 Å². The summed E-state index contributed by atoms with van der Waals surface area (Å²) in [6, 6.07) is 0. The van der Waals surface area contributed by atoms with Crippen LogP contribution in [0.4, 0.5) is 0 Å². The maximum absolute atomic E-state index is 11.6. The Hall–Kier alpha value is -0.570. The molecule has 3 nitrogen and oxygen atoms in total. The summed E-state index contributed by atoms with van der Waals surface area (Å²) in [6.07, 6.45) is 2.47. The van der Waals surface area contributed by atoms with Crippen molar-refractivity contribution in [3.8, 4) is 0 Å². The van der Waals surface area contributed by atoms with Gasteiger partial charge in [0.2, 0.25) is 0 Å². The highest BCUT2D eigenvalue weighted by atomic mass is 16.6. The highest BCUT2D eigenvalue weighted by Gasteiger charge is 2.55. The predicted molar refractivity (Wildman–Crippen MR) is 56.3 cm³/mol. The number of epoxide rings is 1. The van der Waals surface area contributed by atoms with E-state index in [9.17, 15) is 4.79 Å². The first-order valence-corrected chi connectivity index (χ1v) is 5.66. The minimum atomic E-state index is -0.101. The molecule has 1 saturated heterocycles. The van der Waals surface area contributed by atoms with Crippen LogP contribution >= 0.6 is 0 Å². The fourth-order valence-corrected chi connectivity index (χ4v) is 2.61. The van der Waals surface area contributed by atoms with E-state index in [-0.39, 0.29) is 23.4 Å². The minimum absolute atomic E-state index is 0.0297. The van der Waals surface area contributed by atoms with E-state index in [0.29, 0.717) is 12.0 Å². The number of methoxy groups -OCH3 is 1. The van der Waals surface area contributed by atoms with Crippen molar-refractivity contribution in [2.45, 2.75) is 45.8 Å². The summed E-state index contributed by atoms with van der Waals surface area (Å²) in [4.78, 5) is 11.6. The first-order chi connectivity index (χ1) is 6.93. The van der Waals surface area contributed by atoms with Gasteiger partial charge in [0.05, 0.1) is 25.2 Å². The number of rotatable bonds is 1. The van der Waals surface area contributed by atoms with E-state index in [0.717, 1.165) is 12.8 Å². The van der Waals surface area contributed by atoms with Crippen molar-refractivity contribution in [3.63, 3.8) is 0 Å². The van der Waals surface area contributed by atoms with Crippen molar-refractivity contribution >= 4 is 5.97 Å². The molecule has 2 rings (SSSR count). The van der Waals surface area contributed by atoms with Gasteiger partial charge in [-0.05, 0) is 24.2 Å². The number of carbonyl (C=O) groups excluding carboxylic acids is 1. The Balaban J connectivity index is 2.06. The van der Waals surface area contributed by atoms with Crippen LogP contribution in [-0.4, -0.2) is 25.3 Å². The number of esters is 1. The van der Waals surface area contributed by atoms with Gasteiger partial charge in [0, 0.05) is 0 Å². The third-order valence-corrected chi connectivity index (χ3v) is 3.80. The normalized spacial score (nSPS) is 39.5. The van der Waals surface area contributed by atoms with Gasteiger partial charge in [-0.15, -0.1) is 0 Å². The van der Waals surface area contributed by atoms with Gasteiger partial charge in [-0.3, -0.25) is 4.79 Å². The van der Waals surface area contributed by atoms with Crippen molar-refractivity contribution < 1.29 is 14.3 Å². The van der Waals surface area contributed by atoms with Crippen molar-refractivity contribution in [3.05, 3.63) is 0 Å². The van der Waals surface area contributed by atoms with E-state index in [2.05, 4.69) is 20.8 Å². The van der Waals surface area contributed by atoms with Gasteiger partial charge >= 0.3 is 5.97 Å². The molecule has 0 aromatic heterocycles. The summed E-state index contributed by atoms with van der Waals surface area (Å²) in [5.74, 6) is 0.430. The molecular formula is C12H20O3. The van der Waals surface area contributed by atoms with Crippen molar-refractivity contribution in [2.24, 2.45) is 17.3 Å². The molecule has 0 radical (unpaired) electrons. The van der Waals surface area contributed by atoms with Crippen LogP contribution in [0.1, 0.15) is 33.6 Å². The number of fused-ring (bicyclic) bond motifs is 1. The maximum atomic E-state index is 11.6. The predicted octanol–water partition coefficient (Wildman–Crippen LogP) is 2.00. The van der Waals surface area contributed by atoms with Gasteiger partial charge in [0.1, 0.15) is 0 Å². The SMILES string of the molecule is COC(=O)[C@@H]1C[C@@H](C(C)(C)C)C[C@H]2O[C@H]21. The third kappa shape index (κ3) is 2.03. The van der Waals surface area contributed by atoms with E-state index < -0.39 is 0 Å². The molecule has 0 aromatic rings. The van der Waals surface area contributed by atoms with Crippen LogP contribution in [0.3, 0.4) is 0 Å². The molecule has 15 heavy (non-hydrogen) atoms. The highest BCUT2D eigenvalue weighted by molar-refractivity contribution is 5.73. The molecule has 3 heteroatoms. The summed E-state index contributed by atoms with van der Waals surface area (Å²) in [5.41, 5.74) is 0.253. The van der Waals surface area contributed by atoms with Crippen molar-refractivity contribution in [2.75, 3.05) is 7.11 Å². The molecule has 0 N–H and O–H groups in total. The average Bonchev–Trinajstić information content (AvgIpc) is 2.92. The van der Waals surface area contributed by atoms with Gasteiger partial charge in [-0.25, -0.2) is 0 Å². The molecule has 2 fully saturated rings. The number of carbonyl (C=O) groups is 1. The van der Waals surface area contributed by atoms with Crippen LogP contribution in [0.5, 0.6) is 0 Å². The molecule has 1 saturated carbocycles. The summed E-state index contributed by atoms with van der Waals surface area (Å²) < 4.78 is 10.4. The van der Waals surface area contributed by atoms with Gasteiger partial charge < -0.3 is 9.47 Å². The van der Waals surface area contributed by atoms with Crippen LogP contribution in [-0.2, 0) is 14.3 Å². The van der Waals surface area contributed by atoms with Gasteiger partial charge in [-0.1, -0.05) is 20.8 Å². The largest absolute Gasteiger partial charge is 0.469 e. The van der Waals surface area contributed by atoms with Gasteiger partial charge in [-0.2, -0.15) is 0 Å². The topological polar surface area (TPSA) is 38.8 Å². The van der Waals surface area contributed by atoms with E-state index in [1.807, 2.05) is 0 Å². The lowest BCUT2D eigenvalue weighted by Crippen LogP contribution is -2.35. The van der Waals surface area contributed by atoms with E-state index >= 15 is 0 Å². The molecule has 2 aliphatic rings. The van der Waals surface area contributed by atoms with Crippen LogP contribution in [0.2, 0.25) is 0 Å². The Morgan fingerprint density at radius 3 is 2.53 bits per heavy atom. The van der Waals surface area contributed by atoms with Crippen LogP contribution in [0, 0.1) is 17.3 Å². The Labute approximate surface area is 91.1 Å². The number of hydrogen-bond acceptors (Lipinski definition) is 3. The van der Waals surface area contributed by atoms with E-state index in [4.69, 9.17) is 9.47 Å². The van der Waals surface area contributed by atoms with Crippen molar-refractivity contribution in [1.82, 2.24) is 0 Å². The summed E-state index contributed by atoms with van der Waals surface area (Å²) in [7, 11) is 1.46. The van der Waals surface area contributed by atoms with Crippen LogP contribution < -0.4 is 0 Å². The molecular weight excluding hydrogens is 192 g/mol. The van der Waals surface area contributed by atoms with Crippen molar-refractivity contribution in [1.29, 1.82) is 0 Å². The molecule has 0 aromatic carbocycles. The second-order valence-corrected chi connectivity index (χ2v) is 5.80. The lowest BCUT2D eigenvalue weighted by molar-refractivity contribution is -0.147. The zero-order valence-corrected chi connectivity index (χ0v) is 9.95. The summed E-state index contributed by atoms with van der Waals surface area (Å²) in [5, 5.41) is 0. The molecule has 0 unspecified atom stereocenters. The molecule has 1 aliphatic heterocycles. The second kappa shape index (κ2) is 3.48. The molecule has 86 valence electrons. The molecule has 1 aliphatic carbocycles. The summed E-state index contributed by atoms with van der Waals surface area (Å²) >= 11 is 0. The molecule has 1 heterocycles. The molecule has 0 amide bonds. The molecule has 0 spiro atoms. The first kappa shape index (κ1) is 10.9. The third-order valence-electron chi connectivity index (χ3n) is 3.80. The first-order valence-electron chi connectivity index (χ1n) is 5.66. The van der Waals surface area contributed by atoms with Crippen LogP contribution in [0.25, 0.3) is 0 Å². The zero-order chi connectivity index (χ0) is 11.2. The Morgan fingerprint density at radius 2 is 2.00 bits per heavy atom. The number of hydrogen-bond donors (Lipinski definition) is 0. The monoisotopic (exact) mass is 212 g/mol. The Kier molecular flexibility index (Phi) is 2.53. The van der Waals surface area contributed by atoms with E-state index in [1.54, 1.807) is 0 Å². The average molecular weight is 212 g/mol. The maximum Gasteiger partial charge on any atom is 0.311 e. The lowest BCUT2D eigenvalue weighted by atomic mass is 9.69. The van der Waals surface area contributed by atoms with Gasteiger partial charge in [0.25, 0.3) is 0 Å². The zero-order valence-electron chi connectivity index (χ0n) is 9.95. The second-order valence-electron chi connectivity index (χ2n) is 5.80. The molecule has 4 atom stereocenters. The fraction of sp³-hybridized carbons (Fsp3) is 0.917. The Morgan fingerprint density at radius 1 is 1.33 bits per heavy atom. The standard InChI is InChI=1S/C12H20O3/c1-12(2,3)7-5-8(11(13)14-4)10-9(6-7)15-10/h7-10H,5-6H2,1-4H3/t7-,8-,9-,10+/m1/s1. The van der Waals surface area contributed by atoms with E-state index in [1.165, 1.54) is 7.11 Å². The lowest BCUT2D eigenvalue weighted by Gasteiger charge is -2.34. The van der Waals surface area contributed by atoms with Crippen LogP contribution in [0.15, 0.2) is 0 Å². The number of ether oxygens (including phenoxy) is 2. The molecule has 0 bridgehead atoms. The smallest absolute Gasteiger partial charge is 0.311 e. The fourth-order valence-electron chi connectivity index (χ4n) is 2.61. The highest BCUT2D eigenvalue weighted by Crippen LogP contribution is 2.49. The minimum Gasteiger partial charge on any atom is -0.469 e. The Bertz CT molecular complexity index is 267.